The van der Waals surface area contributed by atoms with Gasteiger partial charge in [0.1, 0.15) is 5.60 Å². The van der Waals surface area contributed by atoms with Crippen LogP contribution >= 0.6 is 12.4 Å². The van der Waals surface area contributed by atoms with Crippen LogP contribution in [0.5, 0.6) is 0 Å². The molecule has 2 rings (SSSR count). The van der Waals surface area contributed by atoms with Crippen LogP contribution in [0.2, 0.25) is 0 Å². The number of likely N-dealkylation sites (tertiary alicyclic amines) is 1. The zero-order chi connectivity index (χ0) is 10.6. The van der Waals surface area contributed by atoms with Gasteiger partial charge in [0.15, 0.2) is 0 Å². The summed E-state index contributed by atoms with van der Waals surface area (Å²) >= 11 is 0. The number of carbonyl (C=O) groups is 1. The van der Waals surface area contributed by atoms with Crippen molar-refractivity contribution in [1.29, 1.82) is 0 Å². The summed E-state index contributed by atoms with van der Waals surface area (Å²) in [5.41, 5.74) is 5.64. The Balaban J connectivity index is 0.00000112. The van der Waals surface area contributed by atoms with Crippen molar-refractivity contribution in [2.75, 3.05) is 13.1 Å². The van der Waals surface area contributed by atoms with E-state index in [1.54, 1.807) is 4.90 Å². The van der Waals surface area contributed by atoms with Crippen LogP contribution in [-0.2, 0) is 4.74 Å². The van der Waals surface area contributed by atoms with Crippen molar-refractivity contribution >= 4 is 18.5 Å². The van der Waals surface area contributed by atoms with Crippen molar-refractivity contribution in [1.82, 2.24) is 4.90 Å². The molecule has 15 heavy (non-hydrogen) atoms. The van der Waals surface area contributed by atoms with Crippen LogP contribution in [0.15, 0.2) is 0 Å². The molecule has 0 radical (unpaired) electrons. The number of hydrogen-bond donors (Lipinski definition) is 1. The first kappa shape index (κ1) is 12.6. The predicted octanol–water partition coefficient (Wildman–Crippen LogP) is 1.38. The summed E-state index contributed by atoms with van der Waals surface area (Å²) in [4.78, 5) is 13.3. The van der Waals surface area contributed by atoms with E-state index in [2.05, 4.69) is 0 Å². The van der Waals surface area contributed by atoms with Crippen molar-refractivity contribution in [3.63, 3.8) is 0 Å². The molecule has 0 aromatic rings. The fraction of sp³-hybridized carbons (Fsp3) is 0.900. The van der Waals surface area contributed by atoms with E-state index in [0.29, 0.717) is 6.04 Å². The number of rotatable bonds is 0. The fourth-order valence-electron chi connectivity index (χ4n) is 1.91. The van der Waals surface area contributed by atoms with E-state index in [1.165, 1.54) is 0 Å². The lowest BCUT2D eigenvalue weighted by atomic mass is 9.96. The van der Waals surface area contributed by atoms with Gasteiger partial charge in [0.25, 0.3) is 0 Å². The average molecular weight is 235 g/mol. The first-order valence-corrected chi connectivity index (χ1v) is 5.06. The maximum atomic E-state index is 11.5. The highest BCUT2D eigenvalue weighted by Crippen LogP contribution is 2.51. The Bertz CT molecular complexity index is 269. The summed E-state index contributed by atoms with van der Waals surface area (Å²) in [6.07, 6.45) is 0.856. The number of hydrogen-bond acceptors (Lipinski definition) is 3. The maximum absolute atomic E-state index is 11.5. The molecule has 1 heterocycles. The van der Waals surface area contributed by atoms with Crippen molar-refractivity contribution < 1.29 is 9.53 Å². The molecule has 1 amide bonds. The Labute approximate surface area is 96.5 Å². The zero-order valence-corrected chi connectivity index (χ0v) is 10.3. The lowest BCUT2D eigenvalue weighted by Gasteiger charge is -2.40. The highest BCUT2D eigenvalue weighted by Gasteiger charge is 2.61. The molecule has 1 saturated heterocycles. The molecule has 2 aliphatic rings. The van der Waals surface area contributed by atoms with E-state index in [9.17, 15) is 4.79 Å². The van der Waals surface area contributed by atoms with Crippen LogP contribution in [-0.4, -0.2) is 35.7 Å². The molecule has 0 bridgehead atoms. The Morgan fingerprint density at radius 1 is 1.47 bits per heavy atom. The van der Waals surface area contributed by atoms with Crippen molar-refractivity contribution in [3.05, 3.63) is 0 Å². The monoisotopic (exact) mass is 234 g/mol. The van der Waals surface area contributed by atoms with Crippen LogP contribution in [0.25, 0.3) is 0 Å². The third-order valence-electron chi connectivity index (χ3n) is 2.92. The number of carbonyl (C=O) groups excluding carboxylic acids is 1. The lowest BCUT2D eigenvalue weighted by molar-refractivity contribution is -0.00701. The van der Waals surface area contributed by atoms with Gasteiger partial charge < -0.3 is 15.4 Å². The third kappa shape index (κ3) is 2.37. The molecule has 2 fully saturated rings. The molecule has 1 aliphatic heterocycles. The maximum Gasteiger partial charge on any atom is 0.410 e. The molecule has 0 unspecified atom stereocenters. The lowest BCUT2D eigenvalue weighted by Crippen LogP contribution is -2.55. The molecule has 4 nitrogen and oxygen atoms in total. The summed E-state index contributed by atoms with van der Waals surface area (Å²) in [6.45, 7) is 7.20. The fourth-order valence-corrected chi connectivity index (χ4v) is 1.91. The molecular formula is C10H19ClN2O2. The second kappa shape index (κ2) is 3.52. The molecule has 1 spiro atoms. The minimum absolute atomic E-state index is 0. The molecule has 0 aromatic carbocycles. The average Bonchev–Trinajstić information content (AvgIpc) is 2.53. The highest BCUT2D eigenvalue weighted by atomic mass is 35.5. The quantitative estimate of drug-likeness (QED) is 0.689. The van der Waals surface area contributed by atoms with Crippen LogP contribution < -0.4 is 5.73 Å². The van der Waals surface area contributed by atoms with Gasteiger partial charge in [0, 0.05) is 24.5 Å². The van der Waals surface area contributed by atoms with Gasteiger partial charge in [-0.05, 0) is 27.2 Å². The van der Waals surface area contributed by atoms with Crippen molar-refractivity contribution in [3.8, 4) is 0 Å². The van der Waals surface area contributed by atoms with E-state index in [0.717, 1.165) is 19.5 Å². The molecule has 1 atom stereocenters. The summed E-state index contributed by atoms with van der Waals surface area (Å²) in [6, 6.07) is 0.307. The first-order chi connectivity index (χ1) is 6.32. The summed E-state index contributed by atoms with van der Waals surface area (Å²) in [5.74, 6) is 0. The molecule has 2 N–H and O–H groups in total. The minimum Gasteiger partial charge on any atom is -0.444 e. The van der Waals surface area contributed by atoms with Crippen LogP contribution in [0.4, 0.5) is 4.79 Å². The molecule has 1 aliphatic carbocycles. The summed E-state index contributed by atoms with van der Waals surface area (Å²) in [7, 11) is 0. The smallest absolute Gasteiger partial charge is 0.410 e. The number of amides is 1. The van der Waals surface area contributed by atoms with E-state index < -0.39 is 5.60 Å². The highest BCUT2D eigenvalue weighted by molar-refractivity contribution is 5.85. The van der Waals surface area contributed by atoms with E-state index in [-0.39, 0.29) is 23.9 Å². The van der Waals surface area contributed by atoms with Gasteiger partial charge in [-0.2, -0.15) is 0 Å². The second-order valence-corrected chi connectivity index (χ2v) is 5.51. The molecule has 0 aromatic heterocycles. The van der Waals surface area contributed by atoms with Crippen LogP contribution in [0.1, 0.15) is 27.2 Å². The number of ether oxygens (including phenoxy) is 1. The van der Waals surface area contributed by atoms with E-state index in [4.69, 9.17) is 10.5 Å². The molecular weight excluding hydrogens is 216 g/mol. The summed E-state index contributed by atoms with van der Waals surface area (Å²) < 4.78 is 5.24. The van der Waals surface area contributed by atoms with Crippen molar-refractivity contribution in [2.45, 2.75) is 38.8 Å². The Morgan fingerprint density at radius 3 is 2.27 bits per heavy atom. The normalized spacial score (nSPS) is 26.7. The van der Waals surface area contributed by atoms with Gasteiger partial charge in [0.2, 0.25) is 0 Å². The standard InChI is InChI=1S/C10H18N2O2.ClH/c1-9(2,3)14-8(13)12-5-10(6-12)4-7(10)11;/h7H,4-6,11H2,1-3H3;1H/t7-;/m0./s1. The summed E-state index contributed by atoms with van der Waals surface area (Å²) in [5, 5.41) is 0. The van der Waals surface area contributed by atoms with E-state index >= 15 is 0 Å². The minimum atomic E-state index is -0.397. The van der Waals surface area contributed by atoms with Gasteiger partial charge in [-0.25, -0.2) is 4.79 Å². The van der Waals surface area contributed by atoms with E-state index in [1.807, 2.05) is 20.8 Å². The number of halogens is 1. The Morgan fingerprint density at radius 2 is 1.93 bits per heavy atom. The SMILES string of the molecule is CC(C)(C)OC(=O)N1CC2(C[C@@H]2N)C1.Cl. The number of nitrogens with zero attached hydrogens (tertiary/aromatic N) is 1. The van der Waals surface area contributed by atoms with Gasteiger partial charge in [-0.1, -0.05) is 0 Å². The van der Waals surface area contributed by atoms with Crippen LogP contribution in [0.3, 0.4) is 0 Å². The second-order valence-electron chi connectivity index (χ2n) is 5.51. The Hall–Kier alpha value is -0.480. The molecule has 1 saturated carbocycles. The van der Waals surface area contributed by atoms with Gasteiger partial charge in [-0.3, -0.25) is 0 Å². The van der Waals surface area contributed by atoms with Crippen LogP contribution in [0, 0.1) is 5.41 Å². The van der Waals surface area contributed by atoms with Gasteiger partial charge >= 0.3 is 6.09 Å². The predicted molar refractivity (Wildman–Crippen MR) is 60.1 cm³/mol. The Kier molecular flexibility index (Phi) is 2.96. The largest absolute Gasteiger partial charge is 0.444 e. The first-order valence-electron chi connectivity index (χ1n) is 5.06. The molecule has 88 valence electrons. The molecule has 5 heteroatoms. The van der Waals surface area contributed by atoms with Gasteiger partial charge in [-0.15, -0.1) is 12.4 Å². The third-order valence-corrected chi connectivity index (χ3v) is 2.92. The number of nitrogens with two attached hydrogens (primary N) is 1. The zero-order valence-electron chi connectivity index (χ0n) is 9.45. The van der Waals surface area contributed by atoms with Crippen molar-refractivity contribution in [2.24, 2.45) is 11.1 Å². The topological polar surface area (TPSA) is 55.6 Å². The van der Waals surface area contributed by atoms with Gasteiger partial charge in [0.05, 0.1) is 0 Å².